The summed E-state index contributed by atoms with van der Waals surface area (Å²) in [5.41, 5.74) is 1.37. The van der Waals surface area contributed by atoms with E-state index in [9.17, 15) is 9.18 Å². The molecule has 0 spiro atoms. The second kappa shape index (κ2) is 5.95. The average molecular weight is 247 g/mol. The molecule has 2 rings (SSSR count). The van der Waals surface area contributed by atoms with Gasteiger partial charge in [-0.2, -0.15) is 5.10 Å². The van der Waals surface area contributed by atoms with Gasteiger partial charge in [-0.1, -0.05) is 18.2 Å². The van der Waals surface area contributed by atoms with Crippen LogP contribution in [0.2, 0.25) is 0 Å². The number of benzene rings is 1. The van der Waals surface area contributed by atoms with E-state index in [4.69, 9.17) is 0 Å². The fourth-order valence-electron chi connectivity index (χ4n) is 1.64. The number of H-pyrrole nitrogens is 1. The van der Waals surface area contributed by atoms with Gasteiger partial charge in [-0.3, -0.25) is 9.89 Å². The van der Waals surface area contributed by atoms with Crippen molar-refractivity contribution in [1.82, 2.24) is 15.5 Å². The Kier molecular flexibility index (Phi) is 4.06. The van der Waals surface area contributed by atoms with Gasteiger partial charge >= 0.3 is 0 Å². The minimum absolute atomic E-state index is 0.0651. The van der Waals surface area contributed by atoms with Gasteiger partial charge in [-0.15, -0.1) is 0 Å². The standard InChI is InChI=1S/C13H14FN3O/c14-12-4-2-1-3-10(12)9-13(18)15-7-5-11-6-8-16-17-11/h1-4,6,8H,5,7,9H2,(H,15,18)(H,16,17). The maximum Gasteiger partial charge on any atom is 0.224 e. The highest BCUT2D eigenvalue weighted by Gasteiger charge is 2.06. The van der Waals surface area contributed by atoms with E-state index >= 15 is 0 Å². The molecule has 2 N–H and O–H groups in total. The Morgan fingerprint density at radius 1 is 1.33 bits per heavy atom. The highest BCUT2D eigenvalue weighted by atomic mass is 19.1. The van der Waals surface area contributed by atoms with Crippen LogP contribution >= 0.6 is 0 Å². The number of carbonyl (C=O) groups is 1. The minimum Gasteiger partial charge on any atom is -0.355 e. The first kappa shape index (κ1) is 12.3. The van der Waals surface area contributed by atoms with Crippen molar-refractivity contribution in [3.8, 4) is 0 Å². The molecule has 0 unspecified atom stereocenters. The van der Waals surface area contributed by atoms with Crippen molar-refractivity contribution in [2.24, 2.45) is 0 Å². The van der Waals surface area contributed by atoms with Crippen LogP contribution in [-0.2, 0) is 17.6 Å². The molecule has 0 radical (unpaired) electrons. The zero-order valence-corrected chi connectivity index (χ0v) is 9.82. The first-order valence-corrected chi connectivity index (χ1v) is 5.74. The SMILES string of the molecule is O=C(Cc1ccccc1F)NCCc1ccn[nH]1. The molecule has 18 heavy (non-hydrogen) atoms. The molecule has 0 bridgehead atoms. The van der Waals surface area contributed by atoms with Gasteiger partial charge in [-0.25, -0.2) is 4.39 Å². The van der Waals surface area contributed by atoms with Crippen LogP contribution in [0.4, 0.5) is 4.39 Å². The first-order valence-electron chi connectivity index (χ1n) is 5.74. The van der Waals surface area contributed by atoms with Crippen molar-refractivity contribution in [1.29, 1.82) is 0 Å². The molecule has 0 aliphatic carbocycles. The predicted molar refractivity (Wildman–Crippen MR) is 65.4 cm³/mol. The van der Waals surface area contributed by atoms with Crippen molar-refractivity contribution in [3.05, 3.63) is 53.6 Å². The van der Waals surface area contributed by atoms with Crippen LogP contribution in [0, 0.1) is 5.82 Å². The lowest BCUT2D eigenvalue weighted by Crippen LogP contribution is -2.27. The lowest BCUT2D eigenvalue weighted by atomic mass is 10.1. The molecular weight excluding hydrogens is 233 g/mol. The van der Waals surface area contributed by atoms with Gasteiger partial charge in [0.25, 0.3) is 0 Å². The fraction of sp³-hybridized carbons (Fsp3) is 0.231. The number of rotatable bonds is 5. The molecule has 5 heteroatoms. The third kappa shape index (κ3) is 3.41. The molecule has 1 heterocycles. The molecule has 94 valence electrons. The van der Waals surface area contributed by atoms with E-state index < -0.39 is 0 Å². The van der Waals surface area contributed by atoms with Gasteiger partial charge in [0, 0.05) is 24.9 Å². The Balaban J connectivity index is 1.77. The summed E-state index contributed by atoms with van der Waals surface area (Å²) in [6.45, 7) is 0.509. The first-order chi connectivity index (χ1) is 8.75. The smallest absolute Gasteiger partial charge is 0.224 e. The number of nitrogens with one attached hydrogen (secondary N) is 2. The molecule has 0 saturated carbocycles. The van der Waals surface area contributed by atoms with Crippen molar-refractivity contribution < 1.29 is 9.18 Å². The van der Waals surface area contributed by atoms with E-state index in [0.717, 1.165) is 5.69 Å². The van der Waals surface area contributed by atoms with Gasteiger partial charge in [0.2, 0.25) is 5.91 Å². The molecule has 0 atom stereocenters. The summed E-state index contributed by atoms with van der Waals surface area (Å²) in [7, 11) is 0. The molecular formula is C13H14FN3O. The number of aromatic amines is 1. The molecule has 0 aliphatic heterocycles. The maximum atomic E-state index is 13.3. The molecule has 1 aromatic heterocycles. The lowest BCUT2D eigenvalue weighted by molar-refractivity contribution is -0.120. The van der Waals surface area contributed by atoms with Gasteiger partial charge in [0.05, 0.1) is 6.42 Å². The normalized spacial score (nSPS) is 10.3. The summed E-state index contributed by atoms with van der Waals surface area (Å²) in [5.74, 6) is -0.527. The Morgan fingerprint density at radius 2 is 2.17 bits per heavy atom. The van der Waals surface area contributed by atoms with Gasteiger partial charge in [-0.05, 0) is 17.7 Å². The Labute approximate surface area is 104 Å². The van der Waals surface area contributed by atoms with E-state index in [1.807, 2.05) is 6.07 Å². The molecule has 1 aromatic carbocycles. The third-order valence-corrected chi connectivity index (χ3v) is 2.58. The van der Waals surface area contributed by atoms with Crippen molar-refractivity contribution in [2.75, 3.05) is 6.54 Å². The van der Waals surface area contributed by atoms with E-state index in [-0.39, 0.29) is 18.1 Å². The van der Waals surface area contributed by atoms with Crippen LogP contribution < -0.4 is 5.32 Å². The monoisotopic (exact) mass is 247 g/mol. The van der Waals surface area contributed by atoms with Crippen LogP contribution in [0.15, 0.2) is 36.5 Å². The molecule has 0 saturated heterocycles. The highest BCUT2D eigenvalue weighted by molar-refractivity contribution is 5.78. The van der Waals surface area contributed by atoms with Gasteiger partial charge < -0.3 is 5.32 Å². The van der Waals surface area contributed by atoms with Crippen LogP contribution in [0.1, 0.15) is 11.3 Å². The summed E-state index contributed by atoms with van der Waals surface area (Å²) >= 11 is 0. The van der Waals surface area contributed by atoms with Crippen molar-refractivity contribution in [3.63, 3.8) is 0 Å². The van der Waals surface area contributed by atoms with Crippen molar-refractivity contribution in [2.45, 2.75) is 12.8 Å². The second-order valence-corrected chi connectivity index (χ2v) is 3.95. The number of aromatic nitrogens is 2. The Morgan fingerprint density at radius 3 is 2.89 bits per heavy atom. The maximum absolute atomic E-state index is 13.3. The molecule has 2 aromatic rings. The molecule has 1 amide bonds. The minimum atomic E-state index is -0.346. The van der Waals surface area contributed by atoms with Crippen LogP contribution in [0.5, 0.6) is 0 Å². The van der Waals surface area contributed by atoms with E-state index in [2.05, 4.69) is 15.5 Å². The van der Waals surface area contributed by atoms with Gasteiger partial charge in [0.15, 0.2) is 0 Å². The van der Waals surface area contributed by atoms with E-state index in [0.29, 0.717) is 18.5 Å². The number of hydrogen-bond donors (Lipinski definition) is 2. The van der Waals surface area contributed by atoms with Gasteiger partial charge in [0.1, 0.15) is 5.82 Å². The molecule has 4 nitrogen and oxygen atoms in total. The average Bonchev–Trinajstić information content (AvgIpc) is 2.85. The number of carbonyl (C=O) groups excluding carboxylic acids is 1. The predicted octanol–water partition coefficient (Wildman–Crippen LogP) is 1.45. The molecule has 0 aliphatic rings. The summed E-state index contributed by atoms with van der Waals surface area (Å²) in [6.07, 6.45) is 2.41. The lowest BCUT2D eigenvalue weighted by Gasteiger charge is -2.05. The van der Waals surface area contributed by atoms with Crippen LogP contribution in [0.25, 0.3) is 0 Å². The quantitative estimate of drug-likeness (QED) is 0.840. The zero-order valence-electron chi connectivity index (χ0n) is 9.82. The zero-order chi connectivity index (χ0) is 12.8. The Hall–Kier alpha value is -2.17. The molecule has 0 fully saturated rings. The number of nitrogens with zero attached hydrogens (tertiary/aromatic N) is 1. The van der Waals surface area contributed by atoms with E-state index in [1.165, 1.54) is 6.07 Å². The topological polar surface area (TPSA) is 57.8 Å². The Bertz CT molecular complexity index is 511. The number of halogens is 1. The van der Waals surface area contributed by atoms with Crippen LogP contribution in [0.3, 0.4) is 0 Å². The third-order valence-electron chi connectivity index (χ3n) is 2.58. The number of amides is 1. The van der Waals surface area contributed by atoms with E-state index in [1.54, 1.807) is 24.4 Å². The summed E-state index contributed by atoms with van der Waals surface area (Å²) in [4.78, 5) is 11.6. The van der Waals surface area contributed by atoms with Crippen molar-refractivity contribution >= 4 is 5.91 Å². The second-order valence-electron chi connectivity index (χ2n) is 3.95. The summed E-state index contributed by atoms with van der Waals surface area (Å²) < 4.78 is 13.3. The van der Waals surface area contributed by atoms with Crippen LogP contribution in [-0.4, -0.2) is 22.6 Å². The fourth-order valence-corrected chi connectivity index (χ4v) is 1.64. The summed E-state index contributed by atoms with van der Waals surface area (Å²) in [5, 5.41) is 9.36. The largest absolute Gasteiger partial charge is 0.355 e. The number of hydrogen-bond acceptors (Lipinski definition) is 2. The highest BCUT2D eigenvalue weighted by Crippen LogP contribution is 2.06. The summed E-state index contributed by atoms with van der Waals surface area (Å²) in [6, 6.07) is 8.14.